The van der Waals surface area contributed by atoms with Crippen molar-refractivity contribution in [3.8, 4) is 11.3 Å². The van der Waals surface area contributed by atoms with Gasteiger partial charge in [-0.2, -0.15) is 13.2 Å². The summed E-state index contributed by atoms with van der Waals surface area (Å²) in [7, 11) is 0. The van der Waals surface area contributed by atoms with Gasteiger partial charge in [0.25, 0.3) is 0 Å². The number of hydrogen-bond donors (Lipinski definition) is 1. The molecule has 0 fully saturated rings. The van der Waals surface area contributed by atoms with Gasteiger partial charge in [-0.15, -0.1) is 0 Å². The summed E-state index contributed by atoms with van der Waals surface area (Å²) in [6, 6.07) is 6.10. The molecule has 1 unspecified atom stereocenters. The first-order valence-electron chi connectivity index (χ1n) is 5.28. The quantitative estimate of drug-likeness (QED) is 0.896. The van der Waals surface area contributed by atoms with Crippen LogP contribution < -0.4 is 5.73 Å². The Morgan fingerprint density at radius 2 is 2.00 bits per heavy atom. The van der Waals surface area contributed by atoms with Crippen molar-refractivity contribution >= 4 is 0 Å². The van der Waals surface area contributed by atoms with E-state index in [-0.39, 0.29) is 6.04 Å². The number of benzene rings is 1. The molecule has 3 nitrogen and oxygen atoms in total. The fourth-order valence-electron chi connectivity index (χ4n) is 1.49. The number of aromatic nitrogens is 1. The van der Waals surface area contributed by atoms with Crippen LogP contribution in [0.3, 0.4) is 0 Å². The zero-order valence-electron chi connectivity index (χ0n) is 9.53. The van der Waals surface area contributed by atoms with Crippen molar-refractivity contribution in [3.63, 3.8) is 0 Å². The Bertz CT molecular complexity index is 546. The number of halogens is 3. The minimum Gasteiger partial charge on any atom is -0.359 e. The topological polar surface area (TPSA) is 52.0 Å². The maximum atomic E-state index is 12.6. The van der Waals surface area contributed by atoms with E-state index in [1.165, 1.54) is 12.1 Å². The molecular formula is C12H11F3N2O. The van der Waals surface area contributed by atoms with Crippen molar-refractivity contribution in [3.05, 3.63) is 41.7 Å². The van der Waals surface area contributed by atoms with E-state index in [1.807, 2.05) is 0 Å². The summed E-state index contributed by atoms with van der Waals surface area (Å²) in [5.41, 5.74) is 5.56. The molecule has 6 heteroatoms. The second-order valence-electron chi connectivity index (χ2n) is 3.98. The van der Waals surface area contributed by atoms with Crippen molar-refractivity contribution in [2.75, 3.05) is 0 Å². The molecule has 0 bridgehead atoms. The fraction of sp³-hybridized carbons (Fsp3) is 0.250. The van der Waals surface area contributed by atoms with Crippen LogP contribution in [0.2, 0.25) is 0 Å². The van der Waals surface area contributed by atoms with E-state index in [4.69, 9.17) is 10.3 Å². The molecule has 1 atom stereocenters. The first-order valence-corrected chi connectivity index (χ1v) is 5.28. The van der Waals surface area contributed by atoms with Gasteiger partial charge in [-0.1, -0.05) is 17.3 Å². The Morgan fingerprint density at radius 3 is 2.56 bits per heavy atom. The lowest BCUT2D eigenvalue weighted by Crippen LogP contribution is -2.04. The number of nitrogens with two attached hydrogens (primary N) is 1. The molecule has 1 aromatic carbocycles. The van der Waals surface area contributed by atoms with Crippen molar-refractivity contribution in [2.24, 2.45) is 5.73 Å². The molecule has 0 saturated carbocycles. The third-order valence-electron chi connectivity index (χ3n) is 2.46. The van der Waals surface area contributed by atoms with E-state index >= 15 is 0 Å². The number of nitrogens with zero attached hydrogens (tertiary/aromatic N) is 1. The zero-order chi connectivity index (χ0) is 13.3. The van der Waals surface area contributed by atoms with Crippen LogP contribution in [0.1, 0.15) is 24.3 Å². The molecule has 18 heavy (non-hydrogen) atoms. The van der Waals surface area contributed by atoms with Crippen LogP contribution in [0.4, 0.5) is 13.2 Å². The summed E-state index contributed by atoms with van der Waals surface area (Å²) in [5.74, 6) is 0.433. The Kier molecular flexibility index (Phi) is 3.13. The van der Waals surface area contributed by atoms with E-state index in [0.717, 1.165) is 12.1 Å². The van der Waals surface area contributed by atoms with Crippen LogP contribution in [0, 0.1) is 0 Å². The molecule has 2 rings (SSSR count). The SMILES string of the molecule is CC(N)c1cc(-c2cccc(C(F)(F)F)c2)no1. The van der Waals surface area contributed by atoms with Gasteiger partial charge in [-0.25, -0.2) is 0 Å². The molecule has 2 N–H and O–H groups in total. The monoisotopic (exact) mass is 256 g/mol. The van der Waals surface area contributed by atoms with Crippen LogP contribution in [0.5, 0.6) is 0 Å². The highest BCUT2D eigenvalue weighted by Crippen LogP contribution is 2.32. The van der Waals surface area contributed by atoms with Gasteiger partial charge in [0, 0.05) is 11.6 Å². The van der Waals surface area contributed by atoms with E-state index in [1.54, 1.807) is 13.0 Å². The zero-order valence-corrected chi connectivity index (χ0v) is 9.53. The molecular weight excluding hydrogens is 245 g/mol. The predicted octanol–water partition coefficient (Wildman–Crippen LogP) is 3.38. The molecule has 0 aliphatic heterocycles. The van der Waals surface area contributed by atoms with Gasteiger partial charge >= 0.3 is 6.18 Å². The Labute approximate surface area is 101 Å². The first kappa shape index (κ1) is 12.6. The summed E-state index contributed by atoms with van der Waals surface area (Å²) in [6.07, 6.45) is -4.37. The molecule has 2 aromatic rings. The van der Waals surface area contributed by atoms with Gasteiger partial charge in [0.2, 0.25) is 0 Å². The van der Waals surface area contributed by atoms with E-state index < -0.39 is 11.7 Å². The van der Waals surface area contributed by atoms with Crippen molar-refractivity contribution < 1.29 is 17.7 Å². The first-order chi connectivity index (χ1) is 8.38. The van der Waals surface area contributed by atoms with Gasteiger partial charge in [0.05, 0.1) is 11.6 Å². The number of alkyl halides is 3. The van der Waals surface area contributed by atoms with Crippen LogP contribution in [-0.2, 0) is 6.18 Å². The van der Waals surface area contributed by atoms with Crippen molar-refractivity contribution in [2.45, 2.75) is 19.1 Å². The van der Waals surface area contributed by atoms with Gasteiger partial charge in [-0.3, -0.25) is 0 Å². The van der Waals surface area contributed by atoms with Crippen LogP contribution in [0.25, 0.3) is 11.3 Å². The highest BCUT2D eigenvalue weighted by atomic mass is 19.4. The standard InChI is InChI=1S/C12H11F3N2O/c1-7(16)11-6-10(17-18-11)8-3-2-4-9(5-8)12(13,14)15/h2-7H,16H2,1H3. The second-order valence-corrected chi connectivity index (χ2v) is 3.98. The summed E-state index contributed by atoms with van der Waals surface area (Å²) >= 11 is 0. The molecule has 0 aliphatic rings. The lowest BCUT2D eigenvalue weighted by atomic mass is 10.1. The molecule has 0 spiro atoms. The second kappa shape index (κ2) is 4.45. The minimum absolute atomic E-state index is 0.341. The minimum atomic E-state index is -4.37. The normalized spacial score (nSPS) is 13.6. The molecule has 0 amide bonds. The van der Waals surface area contributed by atoms with E-state index in [9.17, 15) is 13.2 Å². The van der Waals surface area contributed by atoms with Crippen LogP contribution in [-0.4, -0.2) is 5.16 Å². The predicted molar refractivity (Wildman–Crippen MR) is 59.5 cm³/mol. The van der Waals surface area contributed by atoms with Gasteiger partial charge in [-0.05, 0) is 19.1 Å². The summed E-state index contributed by atoms with van der Waals surface area (Å²) in [6.45, 7) is 1.70. The van der Waals surface area contributed by atoms with Crippen LogP contribution in [0.15, 0.2) is 34.9 Å². The molecule has 1 aromatic heterocycles. The lowest BCUT2D eigenvalue weighted by Gasteiger charge is -2.06. The van der Waals surface area contributed by atoms with Crippen molar-refractivity contribution in [1.82, 2.24) is 5.16 Å². The number of rotatable bonds is 2. The van der Waals surface area contributed by atoms with Gasteiger partial charge in [0.15, 0.2) is 5.76 Å². The lowest BCUT2D eigenvalue weighted by molar-refractivity contribution is -0.137. The third kappa shape index (κ3) is 2.53. The van der Waals surface area contributed by atoms with Gasteiger partial charge in [0.1, 0.15) is 5.69 Å². The van der Waals surface area contributed by atoms with Crippen molar-refractivity contribution in [1.29, 1.82) is 0 Å². The van der Waals surface area contributed by atoms with Crippen LogP contribution >= 0.6 is 0 Å². The summed E-state index contributed by atoms with van der Waals surface area (Å²) < 4.78 is 42.6. The highest BCUT2D eigenvalue weighted by molar-refractivity contribution is 5.60. The number of hydrogen-bond acceptors (Lipinski definition) is 3. The molecule has 0 radical (unpaired) electrons. The Balaban J connectivity index is 2.38. The smallest absolute Gasteiger partial charge is 0.359 e. The third-order valence-corrected chi connectivity index (χ3v) is 2.46. The van der Waals surface area contributed by atoms with E-state index in [0.29, 0.717) is 17.0 Å². The molecule has 96 valence electrons. The maximum Gasteiger partial charge on any atom is 0.416 e. The fourth-order valence-corrected chi connectivity index (χ4v) is 1.49. The average Bonchev–Trinajstić information content (AvgIpc) is 2.77. The molecule has 0 saturated heterocycles. The summed E-state index contributed by atoms with van der Waals surface area (Å²) in [5, 5.41) is 3.71. The maximum absolute atomic E-state index is 12.6. The molecule has 1 heterocycles. The van der Waals surface area contributed by atoms with E-state index in [2.05, 4.69) is 5.16 Å². The Morgan fingerprint density at radius 1 is 1.28 bits per heavy atom. The van der Waals surface area contributed by atoms with Gasteiger partial charge < -0.3 is 10.3 Å². The molecule has 0 aliphatic carbocycles. The highest BCUT2D eigenvalue weighted by Gasteiger charge is 2.30. The summed E-state index contributed by atoms with van der Waals surface area (Å²) in [4.78, 5) is 0. The average molecular weight is 256 g/mol. The largest absolute Gasteiger partial charge is 0.416 e. The Hall–Kier alpha value is -1.82.